The van der Waals surface area contributed by atoms with Gasteiger partial charge < -0.3 is 5.73 Å². The van der Waals surface area contributed by atoms with E-state index in [1.165, 1.54) is 12.1 Å². The zero-order valence-corrected chi connectivity index (χ0v) is 10.7. The Morgan fingerprint density at radius 2 is 1.95 bits per heavy atom. The van der Waals surface area contributed by atoms with Gasteiger partial charge in [0.25, 0.3) is 0 Å². The Labute approximate surface area is 115 Å². The van der Waals surface area contributed by atoms with Gasteiger partial charge in [-0.1, -0.05) is 12.1 Å². The van der Waals surface area contributed by atoms with Crippen LogP contribution in [0.2, 0.25) is 0 Å². The number of halogens is 5. The number of thiazole rings is 1. The van der Waals surface area contributed by atoms with E-state index in [1.807, 2.05) is 0 Å². The summed E-state index contributed by atoms with van der Waals surface area (Å²) in [6.45, 7) is 0. The first-order valence-corrected chi connectivity index (χ1v) is 6.32. The molecule has 0 radical (unpaired) electrons. The average molecular weight is 308 g/mol. The molecule has 2 rings (SSSR count). The Hall–Kier alpha value is -1.54. The van der Waals surface area contributed by atoms with Crippen molar-refractivity contribution in [1.29, 1.82) is 0 Å². The molecule has 0 bridgehead atoms. The summed E-state index contributed by atoms with van der Waals surface area (Å²) in [5.74, 6) is -2.06. The number of rotatable bonds is 3. The van der Waals surface area contributed by atoms with Crippen LogP contribution in [-0.4, -0.2) is 4.98 Å². The minimum atomic E-state index is -4.53. The molecule has 1 aromatic heterocycles. The lowest BCUT2D eigenvalue weighted by Crippen LogP contribution is -2.13. The molecule has 0 aliphatic rings. The Kier molecular flexibility index (Phi) is 4.05. The number of benzene rings is 1. The van der Waals surface area contributed by atoms with Gasteiger partial charge in [0.1, 0.15) is 0 Å². The normalized spacial score (nSPS) is 13.5. The van der Waals surface area contributed by atoms with E-state index in [0.29, 0.717) is 11.3 Å². The van der Waals surface area contributed by atoms with E-state index in [0.717, 1.165) is 12.3 Å². The molecular weight excluding hydrogens is 299 g/mol. The van der Waals surface area contributed by atoms with Crippen molar-refractivity contribution in [3.8, 4) is 0 Å². The second-order valence-electron chi connectivity index (χ2n) is 4.09. The number of hydrogen-bond donors (Lipinski definition) is 1. The van der Waals surface area contributed by atoms with Gasteiger partial charge in [0, 0.05) is 17.1 Å². The van der Waals surface area contributed by atoms with E-state index in [4.69, 9.17) is 5.73 Å². The minimum absolute atomic E-state index is 0.0134. The first-order valence-electron chi connectivity index (χ1n) is 5.50. The second-order valence-corrected chi connectivity index (χ2v) is 5.15. The molecule has 0 saturated carbocycles. The smallest absolute Gasteiger partial charge is 0.323 e. The van der Waals surface area contributed by atoms with Gasteiger partial charge in [-0.2, -0.15) is 13.2 Å². The molecule has 20 heavy (non-hydrogen) atoms. The quantitative estimate of drug-likeness (QED) is 0.879. The Bertz CT molecular complexity index is 608. The van der Waals surface area contributed by atoms with Crippen LogP contribution in [0.15, 0.2) is 24.4 Å². The Morgan fingerprint density at radius 3 is 2.55 bits per heavy atom. The van der Waals surface area contributed by atoms with Crippen molar-refractivity contribution in [2.24, 2.45) is 5.73 Å². The van der Waals surface area contributed by atoms with E-state index in [9.17, 15) is 22.0 Å². The molecule has 0 amide bonds. The highest BCUT2D eigenvalue weighted by molar-refractivity contribution is 7.11. The highest BCUT2D eigenvalue weighted by atomic mass is 32.1. The van der Waals surface area contributed by atoms with Crippen molar-refractivity contribution in [3.63, 3.8) is 0 Å². The molecule has 8 heteroatoms. The number of hydrogen-bond acceptors (Lipinski definition) is 3. The van der Waals surface area contributed by atoms with Crippen LogP contribution in [0.1, 0.15) is 21.5 Å². The summed E-state index contributed by atoms with van der Waals surface area (Å²) in [5, 5.41) is -1.01. The third kappa shape index (κ3) is 3.13. The number of aromatic nitrogens is 1. The van der Waals surface area contributed by atoms with E-state index in [2.05, 4.69) is 4.98 Å². The molecule has 0 spiro atoms. The molecule has 1 unspecified atom stereocenters. The lowest BCUT2D eigenvalue weighted by molar-refractivity contribution is -0.137. The van der Waals surface area contributed by atoms with Crippen LogP contribution >= 0.6 is 11.3 Å². The summed E-state index contributed by atoms with van der Waals surface area (Å²) < 4.78 is 63.7. The molecule has 1 atom stereocenters. The summed E-state index contributed by atoms with van der Waals surface area (Å²) in [6.07, 6.45) is -3.63. The van der Waals surface area contributed by atoms with Gasteiger partial charge >= 0.3 is 6.18 Å². The second kappa shape index (κ2) is 5.45. The first-order chi connectivity index (χ1) is 9.29. The van der Waals surface area contributed by atoms with Crippen molar-refractivity contribution in [3.05, 3.63) is 51.5 Å². The molecule has 1 aromatic carbocycles. The van der Waals surface area contributed by atoms with E-state index >= 15 is 0 Å². The van der Waals surface area contributed by atoms with E-state index < -0.39 is 28.9 Å². The van der Waals surface area contributed by atoms with Crippen molar-refractivity contribution >= 4 is 11.3 Å². The largest absolute Gasteiger partial charge is 0.443 e. The highest BCUT2D eigenvalue weighted by Crippen LogP contribution is 2.34. The minimum Gasteiger partial charge on any atom is -0.323 e. The summed E-state index contributed by atoms with van der Waals surface area (Å²) in [7, 11) is 0. The zero-order chi connectivity index (χ0) is 14.9. The van der Waals surface area contributed by atoms with Crippen LogP contribution in [0.5, 0.6) is 0 Å². The summed E-state index contributed by atoms with van der Waals surface area (Å²) in [6, 6.07) is 2.73. The van der Waals surface area contributed by atoms with E-state index in [1.54, 1.807) is 0 Å². The fourth-order valence-electron chi connectivity index (χ4n) is 1.63. The van der Waals surface area contributed by atoms with Crippen molar-refractivity contribution in [2.75, 3.05) is 0 Å². The van der Waals surface area contributed by atoms with Crippen LogP contribution in [0.25, 0.3) is 0 Å². The SMILES string of the molecule is NC(Cc1cccc(F)c1F)c1cnc(C(F)(F)F)s1. The van der Waals surface area contributed by atoms with Crippen LogP contribution in [0.3, 0.4) is 0 Å². The predicted molar refractivity (Wildman–Crippen MR) is 64.1 cm³/mol. The van der Waals surface area contributed by atoms with Gasteiger partial charge in [-0.3, -0.25) is 0 Å². The molecule has 0 fully saturated rings. The fourth-order valence-corrected chi connectivity index (χ4v) is 2.42. The maximum absolute atomic E-state index is 13.4. The standard InChI is InChI=1S/C12H9F5N2S/c13-7-3-1-2-6(10(7)14)4-8(18)9-5-19-11(20-9)12(15,16)17/h1-3,5,8H,4,18H2. The molecular formula is C12H9F5N2S. The van der Waals surface area contributed by atoms with Gasteiger partial charge in [0.15, 0.2) is 16.6 Å². The van der Waals surface area contributed by atoms with Crippen molar-refractivity contribution < 1.29 is 22.0 Å². The number of nitrogens with zero attached hydrogens (tertiary/aromatic N) is 1. The maximum Gasteiger partial charge on any atom is 0.443 e. The Morgan fingerprint density at radius 1 is 1.25 bits per heavy atom. The summed E-state index contributed by atoms with van der Waals surface area (Å²) in [5.41, 5.74) is 5.73. The average Bonchev–Trinajstić information content (AvgIpc) is 2.84. The molecule has 0 saturated heterocycles. The van der Waals surface area contributed by atoms with Gasteiger partial charge in [-0.15, -0.1) is 11.3 Å². The highest BCUT2D eigenvalue weighted by Gasteiger charge is 2.35. The third-order valence-electron chi connectivity index (χ3n) is 2.60. The van der Waals surface area contributed by atoms with Gasteiger partial charge in [0.05, 0.1) is 0 Å². The van der Waals surface area contributed by atoms with Crippen molar-refractivity contribution in [1.82, 2.24) is 4.98 Å². The maximum atomic E-state index is 13.4. The van der Waals surface area contributed by atoms with Gasteiger partial charge in [0.2, 0.25) is 0 Å². The summed E-state index contributed by atoms with van der Waals surface area (Å²) >= 11 is 0.400. The van der Waals surface area contributed by atoms with E-state index in [-0.39, 0.29) is 16.9 Å². The predicted octanol–water partition coefficient (Wildman–Crippen LogP) is 3.68. The zero-order valence-electron chi connectivity index (χ0n) is 9.92. The first kappa shape index (κ1) is 14.9. The van der Waals surface area contributed by atoms with Crippen LogP contribution < -0.4 is 5.73 Å². The fraction of sp³-hybridized carbons (Fsp3) is 0.250. The molecule has 1 heterocycles. The molecule has 2 nitrogen and oxygen atoms in total. The van der Waals surface area contributed by atoms with Crippen molar-refractivity contribution in [2.45, 2.75) is 18.6 Å². The van der Waals surface area contributed by atoms with Gasteiger partial charge in [-0.25, -0.2) is 13.8 Å². The summed E-state index contributed by atoms with van der Waals surface area (Å²) in [4.78, 5) is 3.40. The van der Waals surface area contributed by atoms with Crippen LogP contribution in [-0.2, 0) is 12.6 Å². The lowest BCUT2D eigenvalue weighted by atomic mass is 10.1. The van der Waals surface area contributed by atoms with Gasteiger partial charge in [-0.05, 0) is 18.1 Å². The molecule has 0 aliphatic heterocycles. The number of alkyl halides is 3. The number of nitrogens with two attached hydrogens (primary N) is 1. The molecule has 2 aromatic rings. The Balaban J connectivity index is 2.18. The monoisotopic (exact) mass is 308 g/mol. The molecule has 0 aliphatic carbocycles. The third-order valence-corrected chi connectivity index (χ3v) is 3.78. The lowest BCUT2D eigenvalue weighted by Gasteiger charge is -2.10. The topological polar surface area (TPSA) is 38.9 Å². The van der Waals surface area contributed by atoms with Crippen LogP contribution in [0, 0.1) is 11.6 Å². The molecule has 108 valence electrons. The molecule has 2 N–H and O–H groups in total. The van der Waals surface area contributed by atoms with Crippen LogP contribution in [0.4, 0.5) is 22.0 Å².